The second-order valence-corrected chi connectivity index (χ2v) is 20.8. The van der Waals surface area contributed by atoms with Crippen LogP contribution in [0.4, 0.5) is 0 Å². The van der Waals surface area contributed by atoms with Crippen LogP contribution in [0.2, 0.25) is 0 Å². The third-order valence-electron chi connectivity index (χ3n) is 13.3. The van der Waals surface area contributed by atoms with Crippen LogP contribution in [-0.2, 0) is 46.4 Å². The normalized spacial score (nSPS) is 15.1. The maximum atomic E-state index is 14.0. The van der Waals surface area contributed by atoms with E-state index in [0.29, 0.717) is 56.7 Å². The minimum atomic E-state index is -0.978. The quantitative estimate of drug-likeness (QED) is 0.0428. The molecule has 1 aliphatic heterocycles. The molecule has 3 atom stereocenters. The average Bonchev–Trinajstić information content (AvgIpc) is 4.22. The van der Waals surface area contributed by atoms with Gasteiger partial charge in [0.25, 0.3) is 0 Å². The van der Waals surface area contributed by atoms with E-state index in [0.717, 1.165) is 65.9 Å². The zero-order valence-corrected chi connectivity index (χ0v) is 44.7. The first-order chi connectivity index (χ1) is 36.6. The molecule has 4 amide bonds. The molecule has 18 nitrogen and oxygen atoms in total. The molecule has 5 N–H and O–H groups in total. The van der Waals surface area contributed by atoms with Gasteiger partial charge in [-0.2, -0.15) is 0 Å². The highest BCUT2D eigenvalue weighted by atomic mass is 32.1. The van der Waals surface area contributed by atoms with E-state index in [9.17, 15) is 24.3 Å². The van der Waals surface area contributed by atoms with Crippen molar-refractivity contribution >= 4 is 56.8 Å². The van der Waals surface area contributed by atoms with Gasteiger partial charge in [0.2, 0.25) is 23.6 Å². The first-order valence-corrected chi connectivity index (χ1v) is 26.3. The molecule has 76 heavy (non-hydrogen) atoms. The van der Waals surface area contributed by atoms with E-state index in [1.165, 1.54) is 4.90 Å². The first kappa shape index (κ1) is 55.2. The number of likely N-dealkylation sites (tertiary alicyclic amines) is 1. The summed E-state index contributed by atoms with van der Waals surface area (Å²) in [4.78, 5) is 60.3. The second kappa shape index (κ2) is 25.2. The number of carbonyl (C=O) groups excluding carboxylic acids is 4. The van der Waals surface area contributed by atoms with Crippen LogP contribution in [0.3, 0.4) is 0 Å². The molecular formula is C57H67N7O11S. The lowest BCUT2D eigenvalue weighted by Gasteiger charge is -2.35. The molecule has 7 aromatic rings. The highest BCUT2D eigenvalue weighted by Crippen LogP contribution is 2.39. The standard InChI is InChI=1S/C57H67N7O11S/c1-35-50(37(3)75-62-35)41-26-45(54(58)67)51-44-29-43(16-17-46(44)63(47(51)27-41)31-39-10-8-7-9-11-39)74-25-24-72-21-20-70-18-19-71-22-23-73-33-49(66)61-53(57(4,5)6)56(69)64-32-42(65)28-48(64)55(68)59-30-38-12-14-40(15-13-38)52-36(2)60-34-76-52/h7-17,26-27,29,34,42,48,53,65H,18-25,28,30-33H2,1-6H3,(H2,58,67)(H,59,68)(H,61,66)/t42-,48?,53-/m1/s1. The van der Waals surface area contributed by atoms with Gasteiger partial charge in [-0.3, -0.25) is 19.2 Å². The highest BCUT2D eigenvalue weighted by Gasteiger charge is 2.44. The summed E-state index contributed by atoms with van der Waals surface area (Å²) in [5, 5.41) is 22.0. The number of aliphatic hydroxyl groups is 1. The lowest BCUT2D eigenvalue weighted by molar-refractivity contribution is -0.144. The zero-order valence-electron chi connectivity index (χ0n) is 43.9. The summed E-state index contributed by atoms with van der Waals surface area (Å²) in [7, 11) is 0. The summed E-state index contributed by atoms with van der Waals surface area (Å²) in [6, 6.07) is 25.8. The molecule has 402 valence electrons. The number of aliphatic hydroxyl groups excluding tert-OH is 1. The molecular weight excluding hydrogens is 991 g/mol. The number of amides is 4. The minimum absolute atomic E-state index is 0.0256. The summed E-state index contributed by atoms with van der Waals surface area (Å²) in [5.41, 5.74) is 15.7. The number of aryl methyl sites for hydroxylation is 3. The molecule has 8 rings (SSSR count). The van der Waals surface area contributed by atoms with Gasteiger partial charge in [-0.15, -0.1) is 11.3 Å². The van der Waals surface area contributed by atoms with Crippen molar-refractivity contribution < 1.29 is 52.5 Å². The number of nitrogens with two attached hydrogens (primary N) is 1. The predicted octanol–water partition coefficient (Wildman–Crippen LogP) is 6.90. The van der Waals surface area contributed by atoms with Crippen molar-refractivity contribution in [2.24, 2.45) is 11.1 Å². The van der Waals surface area contributed by atoms with Gasteiger partial charge in [-0.1, -0.05) is 80.5 Å². The number of benzene rings is 4. The maximum Gasteiger partial charge on any atom is 0.249 e. The van der Waals surface area contributed by atoms with E-state index in [2.05, 4.69) is 43.5 Å². The van der Waals surface area contributed by atoms with Crippen LogP contribution in [0.25, 0.3) is 43.4 Å². The molecule has 0 aliphatic carbocycles. The molecule has 1 unspecified atom stereocenters. The van der Waals surface area contributed by atoms with Crippen molar-refractivity contribution in [1.82, 2.24) is 30.2 Å². The summed E-state index contributed by atoms with van der Waals surface area (Å²) in [6.07, 6.45) is -0.793. The zero-order chi connectivity index (χ0) is 53.9. The SMILES string of the molecule is Cc1ncsc1-c1ccc(CNC(=O)C2C[C@@H](O)CN2C(=O)[C@@H](NC(=O)COCCOCCOCCOCCOc2ccc3c(c2)c2c(C(N)=O)cc(-c4c(C)noc4C)cc2n3Cc2ccccc2)C(C)(C)C)cc1. The van der Waals surface area contributed by atoms with Gasteiger partial charge in [0.1, 0.15) is 36.8 Å². The molecule has 1 fully saturated rings. The number of fused-ring (bicyclic) bond motifs is 3. The number of thiazole rings is 1. The van der Waals surface area contributed by atoms with Crippen LogP contribution in [0.15, 0.2) is 95.0 Å². The Labute approximate surface area is 445 Å². The van der Waals surface area contributed by atoms with Gasteiger partial charge in [-0.25, -0.2) is 4.98 Å². The lowest BCUT2D eigenvalue weighted by Crippen LogP contribution is -2.58. The molecule has 0 bridgehead atoms. The van der Waals surface area contributed by atoms with E-state index >= 15 is 0 Å². The second-order valence-electron chi connectivity index (χ2n) is 19.9. The molecule has 3 aromatic heterocycles. The van der Waals surface area contributed by atoms with E-state index in [1.54, 1.807) is 11.3 Å². The van der Waals surface area contributed by atoms with E-state index in [1.807, 2.05) is 114 Å². The summed E-state index contributed by atoms with van der Waals surface area (Å²) >= 11 is 1.57. The fraction of sp³-hybridized carbons (Fsp3) is 0.404. The van der Waals surface area contributed by atoms with Crippen molar-refractivity contribution in [3.8, 4) is 27.3 Å². The number of β-amino-alcohol motifs (C(OH)–C–C–N with tert-alkyl or cyclic N) is 1. The fourth-order valence-corrected chi connectivity index (χ4v) is 10.3. The van der Waals surface area contributed by atoms with Crippen molar-refractivity contribution in [3.05, 3.63) is 124 Å². The first-order valence-electron chi connectivity index (χ1n) is 25.4. The Balaban J connectivity index is 0.725. The van der Waals surface area contributed by atoms with Crippen molar-refractivity contribution in [2.45, 2.75) is 79.2 Å². The third-order valence-corrected chi connectivity index (χ3v) is 14.2. The van der Waals surface area contributed by atoms with Gasteiger partial charge < -0.3 is 59.1 Å². The number of ether oxygens (including phenoxy) is 5. The number of hydrogen-bond acceptors (Lipinski definition) is 14. The molecule has 0 radical (unpaired) electrons. The smallest absolute Gasteiger partial charge is 0.249 e. The number of carbonyl (C=O) groups is 4. The van der Waals surface area contributed by atoms with Crippen molar-refractivity contribution in [2.75, 3.05) is 66.0 Å². The topological polar surface area (TPSA) is 232 Å². The average molecular weight is 1060 g/mol. The molecule has 4 heterocycles. The van der Waals surface area contributed by atoms with Gasteiger partial charge in [-0.05, 0) is 78.8 Å². The largest absolute Gasteiger partial charge is 0.491 e. The van der Waals surface area contributed by atoms with Gasteiger partial charge in [0.15, 0.2) is 0 Å². The van der Waals surface area contributed by atoms with Crippen LogP contribution < -0.4 is 21.1 Å². The van der Waals surface area contributed by atoms with E-state index in [-0.39, 0.29) is 51.8 Å². The highest BCUT2D eigenvalue weighted by molar-refractivity contribution is 7.13. The van der Waals surface area contributed by atoms with Gasteiger partial charge in [0, 0.05) is 53.5 Å². The van der Waals surface area contributed by atoms with Crippen LogP contribution in [0.5, 0.6) is 5.75 Å². The molecule has 19 heteroatoms. The number of nitrogens with one attached hydrogen (secondary N) is 2. The molecule has 0 spiro atoms. The number of primary amides is 1. The number of rotatable bonds is 25. The predicted molar refractivity (Wildman–Crippen MR) is 289 cm³/mol. The maximum absolute atomic E-state index is 14.0. The van der Waals surface area contributed by atoms with E-state index in [4.69, 9.17) is 33.9 Å². The number of aromatic nitrogens is 3. The van der Waals surface area contributed by atoms with Crippen LogP contribution >= 0.6 is 11.3 Å². The summed E-state index contributed by atoms with van der Waals surface area (Å²) < 4.78 is 36.3. The Morgan fingerprint density at radius 1 is 0.816 bits per heavy atom. The Hall–Kier alpha value is -7.00. The minimum Gasteiger partial charge on any atom is -0.491 e. The molecule has 4 aromatic carbocycles. The van der Waals surface area contributed by atoms with Gasteiger partial charge in [0.05, 0.1) is 79.6 Å². The van der Waals surface area contributed by atoms with Gasteiger partial charge >= 0.3 is 0 Å². The van der Waals surface area contributed by atoms with Crippen molar-refractivity contribution in [1.29, 1.82) is 0 Å². The fourth-order valence-electron chi connectivity index (χ4n) is 9.49. The molecule has 1 saturated heterocycles. The van der Waals surface area contributed by atoms with Crippen molar-refractivity contribution in [3.63, 3.8) is 0 Å². The summed E-state index contributed by atoms with van der Waals surface area (Å²) in [6.45, 7) is 13.9. The Morgan fingerprint density at radius 3 is 2.13 bits per heavy atom. The third kappa shape index (κ3) is 13.5. The summed E-state index contributed by atoms with van der Waals surface area (Å²) in [5.74, 6) is -0.599. The van der Waals surface area contributed by atoms with Crippen LogP contribution in [-0.4, -0.2) is 133 Å². The molecule has 0 saturated carbocycles. The van der Waals surface area contributed by atoms with E-state index < -0.39 is 41.3 Å². The number of nitrogens with zero attached hydrogens (tertiary/aromatic N) is 4. The van der Waals surface area contributed by atoms with Crippen LogP contribution in [0.1, 0.15) is 65.8 Å². The monoisotopic (exact) mass is 1060 g/mol. The molecule has 1 aliphatic rings. The Morgan fingerprint density at radius 2 is 1.50 bits per heavy atom. The Kier molecular flexibility index (Phi) is 18.3. The Bertz CT molecular complexity index is 3110. The van der Waals surface area contributed by atoms with Crippen LogP contribution in [0, 0.1) is 26.2 Å². The number of hydrogen-bond donors (Lipinski definition) is 4. The lowest BCUT2D eigenvalue weighted by atomic mass is 9.85.